The summed E-state index contributed by atoms with van der Waals surface area (Å²) in [4.78, 5) is 13.7. The van der Waals surface area contributed by atoms with Crippen molar-refractivity contribution in [1.82, 2.24) is 19.8 Å². The number of pyridine rings is 2. The number of benzene rings is 4. The predicted octanol–water partition coefficient (Wildman–Crippen LogP) is 8.98. The van der Waals surface area contributed by atoms with Crippen LogP contribution >= 0.6 is 0 Å². The maximum absolute atomic E-state index is 13.8. The Morgan fingerprint density at radius 2 is 1.02 bits per heavy atom. The summed E-state index contributed by atoms with van der Waals surface area (Å²) >= 11 is 0. The number of rotatable bonds is 10. The number of aliphatic hydroxyl groups excluding tert-OH is 2. The molecule has 2 aromatic heterocycles. The van der Waals surface area contributed by atoms with Gasteiger partial charge in [0.2, 0.25) is 0 Å². The van der Waals surface area contributed by atoms with E-state index in [-0.39, 0.29) is 36.3 Å². The van der Waals surface area contributed by atoms with Gasteiger partial charge >= 0.3 is 0 Å². The molecule has 6 aromatic rings. The van der Waals surface area contributed by atoms with Gasteiger partial charge in [0.15, 0.2) is 0 Å². The number of halogens is 3. The second-order valence-corrected chi connectivity index (χ2v) is 14.3. The Morgan fingerprint density at radius 1 is 0.579 bits per heavy atom. The van der Waals surface area contributed by atoms with E-state index in [4.69, 9.17) is 9.47 Å². The maximum atomic E-state index is 13.8. The van der Waals surface area contributed by atoms with E-state index < -0.39 is 0 Å². The Labute approximate surface area is 332 Å². The second-order valence-electron chi connectivity index (χ2n) is 14.3. The summed E-state index contributed by atoms with van der Waals surface area (Å²) < 4.78 is 52.6. The highest BCUT2D eigenvalue weighted by atomic mass is 19.1. The molecule has 0 spiro atoms. The van der Waals surface area contributed by atoms with Crippen LogP contribution in [0.3, 0.4) is 0 Å². The molecular formula is C46H51F3N4O4. The number of hydrogen-bond donors (Lipinski definition) is 2. The molecule has 0 bridgehead atoms. The van der Waals surface area contributed by atoms with Crippen LogP contribution < -0.4 is 9.47 Å². The molecule has 8 rings (SSSR count). The number of aromatic nitrogens is 2. The minimum Gasteiger partial charge on any atom is -0.488 e. The van der Waals surface area contributed by atoms with E-state index in [0.717, 1.165) is 66.8 Å². The van der Waals surface area contributed by atoms with Gasteiger partial charge in [-0.2, -0.15) is 0 Å². The first-order valence-corrected chi connectivity index (χ1v) is 19.8. The standard InChI is InChI=1S/C22H22F2N2O2.C22H23FN2O2.C2H6/c23-16-5-3-15(4-6-16)14-28-22-11-18(12-26-9-1-2-19(27)13-26)25-21-8-7-17(24)10-20(21)22;23-17-8-9-21-20(11-17)22(27-15-16-5-2-1-3-6-16)12-18(24-21)13-25-10-4-7-19(26)14-25;1-2/h3-8,10-11,19,27H,1-2,9,12-14H2;1-3,5-6,8-9,11-12,19,26H,4,7,10,13-15H2;1-2H3. The Hall–Kier alpha value is -5.07. The number of fused-ring (bicyclic) bond motifs is 2. The molecule has 2 atom stereocenters. The first kappa shape index (κ1) is 41.6. The summed E-state index contributed by atoms with van der Waals surface area (Å²) in [5.41, 5.74) is 4.93. The first-order valence-electron chi connectivity index (χ1n) is 19.8. The van der Waals surface area contributed by atoms with Crippen molar-refractivity contribution in [2.24, 2.45) is 0 Å². The number of likely N-dealkylation sites (tertiary alicyclic amines) is 2. The summed E-state index contributed by atoms with van der Waals surface area (Å²) in [6, 6.07) is 28.7. The Kier molecular flexibility index (Phi) is 14.9. The van der Waals surface area contributed by atoms with Crippen LogP contribution in [0, 0.1) is 17.5 Å². The predicted molar refractivity (Wildman–Crippen MR) is 217 cm³/mol. The summed E-state index contributed by atoms with van der Waals surface area (Å²) in [7, 11) is 0. The number of hydrogen-bond acceptors (Lipinski definition) is 8. The lowest BCUT2D eigenvalue weighted by molar-refractivity contribution is 0.0660. The molecule has 2 fully saturated rings. The van der Waals surface area contributed by atoms with Crippen LogP contribution in [0.4, 0.5) is 13.2 Å². The van der Waals surface area contributed by atoms with Crippen molar-refractivity contribution in [3.05, 3.63) is 143 Å². The van der Waals surface area contributed by atoms with Crippen LogP contribution in [-0.4, -0.2) is 68.4 Å². The highest BCUT2D eigenvalue weighted by molar-refractivity contribution is 5.86. The van der Waals surface area contributed by atoms with E-state index in [2.05, 4.69) is 19.8 Å². The zero-order valence-electron chi connectivity index (χ0n) is 32.6. The molecule has 0 radical (unpaired) electrons. The lowest BCUT2D eigenvalue weighted by Gasteiger charge is -2.29. The first-order chi connectivity index (χ1) is 27.7. The molecule has 0 saturated carbocycles. The smallest absolute Gasteiger partial charge is 0.131 e. The maximum Gasteiger partial charge on any atom is 0.131 e. The highest BCUT2D eigenvalue weighted by Crippen LogP contribution is 2.30. The molecule has 4 heterocycles. The van der Waals surface area contributed by atoms with Gasteiger partial charge < -0.3 is 19.7 Å². The Morgan fingerprint density at radius 3 is 1.47 bits per heavy atom. The second kappa shape index (κ2) is 20.4. The van der Waals surface area contributed by atoms with E-state index in [9.17, 15) is 23.4 Å². The molecule has 0 amide bonds. The van der Waals surface area contributed by atoms with Crippen LogP contribution in [0.5, 0.6) is 11.5 Å². The largest absolute Gasteiger partial charge is 0.488 e. The molecule has 300 valence electrons. The van der Waals surface area contributed by atoms with Crippen molar-refractivity contribution < 1.29 is 32.9 Å². The van der Waals surface area contributed by atoms with Gasteiger partial charge in [0, 0.05) is 49.1 Å². The van der Waals surface area contributed by atoms with Gasteiger partial charge in [0.1, 0.15) is 42.2 Å². The number of nitrogens with zero attached hydrogens (tertiary/aromatic N) is 4. The van der Waals surface area contributed by atoms with Crippen molar-refractivity contribution in [3.8, 4) is 11.5 Å². The van der Waals surface area contributed by atoms with Gasteiger partial charge in [0.25, 0.3) is 0 Å². The average Bonchev–Trinajstić information content (AvgIpc) is 3.21. The van der Waals surface area contributed by atoms with Gasteiger partial charge in [-0.1, -0.05) is 56.3 Å². The fraction of sp³-hybridized carbons (Fsp3) is 0.348. The molecule has 2 aliphatic rings. The minimum atomic E-state index is -0.354. The van der Waals surface area contributed by atoms with Crippen LogP contribution in [-0.2, 0) is 26.3 Å². The third-order valence-corrected chi connectivity index (χ3v) is 9.85. The number of piperidine rings is 2. The van der Waals surface area contributed by atoms with Gasteiger partial charge in [-0.25, -0.2) is 13.2 Å². The van der Waals surface area contributed by atoms with Crippen LogP contribution in [0.15, 0.2) is 103 Å². The van der Waals surface area contributed by atoms with E-state index >= 15 is 0 Å². The fourth-order valence-corrected chi connectivity index (χ4v) is 7.12. The molecule has 2 unspecified atom stereocenters. The van der Waals surface area contributed by atoms with Crippen molar-refractivity contribution in [2.45, 2.75) is 78.0 Å². The van der Waals surface area contributed by atoms with Gasteiger partial charge in [-0.3, -0.25) is 19.8 Å². The van der Waals surface area contributed by atoms with Crippen LogP contribution in [0.1, 0.15) is 62.0 Å². The van der Waals surface area contributed by atoms with Crippen LogP contribution in [0.2, 0.25) is 0 Å². The van der Waals surface area contributed by atoms with Crippen LogP contribution in [0.25, 0.3) is 21.8 Å². The molecule has 11 heteroatoms. The molecule has 2 aliphatic heterocycles. The van der Waals surface area contributed by atoms with E-state index in [1.54, 1.807) is 24.3 Å². The quantitative estimate of drug-likeness (QED) is 0.143. The fourth-order valence-electron chi connectivity index (χ4n) is 7.12. The normalized spacial score (nSPS) is 17.3. The molecule has 0 aliphatic carbocycles. The molecule has 57 heavy (non-hydrogen) atoms. The van der Waals surface area contributed by atoms with Gasteiger partial charge in [0.05, 0.1) is 34.6 Å². The Balaban J connectivity index is 0.000000185. The summed E-state index contributed by atoms with van der Waals surface area (Å²) in [5, 5.41) is 21.1. The number of ether oxygens (including phenoxy) is 2. The van der Waals surface area contributed by atoms with Gasteiger partial charge in [-0.05, 0) is 98.4 Å². The SMILES string of the molecule is CC.OC1CCCN(Cc2cc(OCc3ccc(F)cc3)c3cc(F)ccc3n2)C1.OC1CCCN(Cc2cc(OCc3ccccc3)c3cc(F)ccc3n2)C1. The summed E-state index contributed by atoms with van der Waals surface area (Å²) in [6.45, 7) is 9.03. The Bertz CT molecular complexity index is 2190. The minimum absolute atomic E-state index is 0.248. The third-order valence-electron chi connectivity index (χ3n) is 9.85. The van der Waals surface area contributed by atoms with Gasteiger partial charge in [-0.15, -0.1) is 0 Å². The monoisotopic (exact) mass is 780 g/mol. The van der Waals surface area contributed by atoms with Crippen molar-refractivity contribution in [2.75, 3.05) is 26.2 Å². The summed E-state index contributed by atoms with van der Waals surface area (Å²) in [5.74, 6) is 0.220. The van der Waals surface area contributed by atoms with Crippen molar-refractivity contribution >= 4 is 21.8 Å². The molecule has 4 aromatic carbocycles. The number of β-amino-alcohol motifs (C(OH)–C–C–N with tert-alkyl or cyclic N) is 2. The highest BCUT2D eigenvalue weighted by Gasteiger charge is 2.21. The number of aliphatic hydroxyl groups is 2. The molecule has 8 nitrogen and oxygen atoms in total. The topological polar surface area (TPSA) is 91.2 Å². The van der Waals surface area contributed by atoms with E-state index in [0.29, 0.717) is 60.6 Å². The van der Waals surface area contributed by atoms with E-state index in [1.165, 1.54) is 36.4 Å². The van der Waals surface area contributed by atoms with Crippen molar-refractivity contribution in [1.29, 1.82) is 0 Å². The molecule has 2 saturated heterocycles. The van der Waals surface area contributed by atoms with E-state index in [1.807, 2.05) is 56.3 Å². The zero-order valence-corrected chi connectivity index (χ0v) is 32.6. The third kappa shape index (κ3) is 12.0. The lowest BCUT2D eigenvalue weighted by atomic mass is 10.1. The lowest BCUT2D eigenvalue weighted by Crippen LogP contribution is -2.37. The molecular weight excluding hydrogens is 730 g/mol. The average molecular weight is 781 g/mol. The zero-order chi connectivity index (χ0) is 40.1. The summed E-state index contributed by atoms with van der Waals surface area (Å²) in [6.07, 6.45) is 3.03. The van der Waals surface area contributed by atoms with Crippen molar-refractivity contribution in [3.63, 3.8) is 0 Å². The molecule has 2 N–H and O–H groups in total.